The van der Waals surface area contributed by atoms with Crippen LogP contribution < -0.4 is 10.2 Å². The van der Waals surface area contributed by atoms with Crippen molar-refractivity contribution in [2.45, 2.75) is 6.61 Å². The molecule has 1 aromatic heterocycles. The number of carbonyl (C=O) groups excluding carboxylic acids is 1. The van der Waals surface area contributed by atoms with Crippen molar-refractivity contribution >= 4 is 92.5 Å². The molecule has 0 atom stereocenters. The van der Waals surface area contributed by atoms with Crippen molar-refractivity contribution in [3.63, 3.8) is 0 Å². The van der Waals surface area contributed by atoms with Crippen molar-refractivity contribution in [3.05, 3.63) is 99.5 Å². The summed E-state index contributed by atoms with van der Waals surface area (Å²) in [5, 5.41) is 15.7. The Bertz CT molecular complexity index is 1460. The molecular weight excluding hydrogens is 718 g/mol. The van der Waals surface area contributed by atoms with Crippen LogP contribution in [0.15, 0.2) is 82.0 Å². The molecule has 35 heavy (non-hydrogen) atoms. The number of hydrazone groups is 1. The van der Waals surface area contributed by atoms with E-state index in [-0.39, 0.29) is 18.1 Å². The number of halogens is 4. The van der Waals surface area contributed by atoms with E-state index in [2.05, 4.69) is 74.2 Å². The van der Waals surface area contributed by atoms with E-state index in [0.717, 1.165) is 14.3 Å². The fourth-order valence-electron chi connectivity index (χ4n) is 3.12. The van der Waals surface area contributed by atoms with Crippen LogP contribution in [-0.2, 0) is 6.61 Å². The lowest BCUT2D eigenvalue weighted by atomic mass is 10.2. The lowest BCUT2D eigenvalue weighted by Crippen LogP contribution is -2.16. The quantitative estimate of drug-likeness (QED) is 0.119. The number of furan rings is 1. The van der Waals surface area contributed by atoms with E-state index in [9.17, 15) is 14.9 Å². The fraction of sp³-hybridized carbons (Fsp3) is 0.0435. The molecule has 0 unspecified atom stereocenters. The van der Waals surface area contributed by atoms with Crippen molar-refractivity contribution in [1.82, 2.24) is 5.43 Å². The van der Waals surface area contributed by atoms with Crippen LogP contribution in [0.3, 0.4) is 0 Å². The monoisotopic (exact) mass is 727 g/mol. The van der Waals surface area contributed by atoms with Crippen LogP contribution in [0.4, 0.5) is 5.69 Å². The van der Waals surface area contributed by atoms with Crippen molar-refractivity contribution in [2.24, 2.45) is 5.10 Å². The molecule has 178 valence electrons. The molecule has 1 N–H and O–H groups in total. The first-order chi connectivity index (χ1) is 16.7. The van der Waals surface area contributed by atoms with Gasteiger partial charge < -0.3 is 9.15 Å². The second-order valence-electron chi connectivity index (χ2n) is 7.15. The summed E-state index contributed by atoms with van der Waals surface area (Å²) in [6, 6.07) is 15.1. The second-order valence-corrected chi connectivity index (χ2v) is 10.6. The maximum atomic E-state index is 12.4. The Hall–Kier alpha value is -2.54. The molecule has 0 radical (unpaired) electrons. The number of hydrogen-bond acceptors (Lipinski definition) is 6. The highest BCUT2D eigenvalue weighted by molar-refractivity contribution is 9.11. The second kappa shape index (κ2) is 11.0. The zero-order valence-corrected chi connectivity index (χ0v) is 23.8. The van der Waals surface area contributed by atoms with Crippen molar-refractivity contribution in [1.29, 1.82) is 0 Å². The van der Waals surface area contributed by atoms with Gasteiger partial charge in [0.05, 0.1) is 24.6 Å². The summed E-state index contributed by atoms with van der Waals surface area (Å²) in [7, 11) is 0. The summed E-state index contributed by atoms with van der Waals surface area (Å²) in [4.78, 5) is 22.9. The number of hydrogen-bond donors (Lipinski definition) is 1. The van der Waals surface area contributed by atoms with Crippen LogP contribution in [0.25, 0.3) is 11.0 Å². The van der Waals surface area contributed by atoms with E-state index in [0.29, 0.717) is 31.4 Å². The van der Waals surface area contributed by atoms with Gasteiger partial charge >= 0.3 is 5.91 Å². The van der Waals surface area contributed by atoms with Crippen LogP contribution >= 0.6 is 63.7 Å². The summed E-state index contributed by atoms with van der Waals surface area (Å²) in [5.74, 6) is 0.162. The van der Waals surface area contributed by atoms with Gasteiger partial charge in [-0.2, -0.15) is 5.10 Å². The van der Waals surface area contributed by atoms with Gasteiger partial charge in [-0.3, -0.25) is 14.9 Å². The molecule has 3 aromatic carbocycles. The van der Waals surface area contributed by atoms with E-state index in [1.54, 1.807) is 30.3 Å². The summed E-state index contributed by atoms with van der Waals surface area (Å²) in [5.41, 5.74) is 4.36. The Morgan fingerprint density at radius 2 is 1.80 bits per heavy atom. The molecule has 0 fully saturated rings. The van der Waals surface area contributed by atoms with Crippen LogP contribution in [0.2, 0.25) is 0 Å². The maximum Gasteiger partial charge on any atom is 0.307 e. The molecule has 12 heteroatoms. The molecule has 0 aliphatic carbocycles. The zero-order valence-electron chi connectivity index (χ0n) is 17.4. The van der Waals surface area contributed by atoms with Crippen molar-refractivity contribution < 1.29 is 18.9 Å². The third-order valence-electron chi connectivity index (χ3n) is 4.66. The topological polar surface area (TPSA) is 107 Å². The minimum atomic E-state index is -0.490. The number of ether oxygens (including phenoxy) is 1. The van der Waals surface area contributed by atoms with Gasteiger partial charge in [-0.15, -0.1) is 0 Å². The number of nitrogens with one attached hydrogen (secondary N) is 1. The lowest BCUT2D eigenvalue weighted by molar-refractivity contribution is -0.384. The predicted molar refractivity (Wildman–Crippen MR) is 146 cm³/mol. The lowest BCUT2D eigenvalue weighted by Gasteiger charge is -2.11. The highest BCUT2D eigenvalue weighted by atomic mass is 79.9. The first kappa shape index (κ1) is 25.5. The average molecular weight is 731 g/mol. The largest absolute Gasteiger partial charge is 0.487 e. The summed E-state index contributed by atoms with van der Waals surface area (Å²) in [6.07, 6.45) is 1.48. The summed E-state index contributed by atoms with van der Waals surface area (Å²) in [6.45, 7) is 0.145. The van der Waals surface area contributed by atoms with Gasteiger partial charge in [0.15, 0.2) is 5.76 Å². The van der Waals surface area contributed by atoms with Gasteiger partial charge in [-0.1, -0.05) is 28.1 Å². The van der Waals surface area contributed by atoms with Crippen molar-refractivity contribution in [2.75, 3.05) is 0 Å². The number of fused-ring (bicyclic) bond motifs is 1. The zero-order chi connectivity index (χ0) is 25.1. The van der Waals surface area contributed by atoms with E-state index in [1.165, 1.54) is 18.3 Å². The fourth-order valence-corrected chi connectivity index (χ4v) is 5.91. The van der Waals surface area contributed by atoms with Gasteiger partial charge in [-0.05, 0) is 89.2 Å². The molecule has 0 bridgehead atoms. The number of nitro groups is 1. The molecule has 0 saturated heterocycles. The minimum Gasteiger partial charge on any atom is -0.487 e. The molecule has 0 aliphatic rings. The van der Waals surface area contributed by atoms with Crippen LogP contribution in [0, 0.1) is 10.1 Å². The molecule has 1 amide bonds. The Kier molecular flexibility index (Phi) is 8.05. The first-order valence-electron chi connectivity index (χ1n) is 9.78. The number of nitro benzene ring substituents is 1. The number of rotatable bonds is 7. The van der Waals surface area contributed by atoms with Crippen LogP contribution in [-0.4, -0.2) is 17.0 Å². The molecule has 8 nitrogen and oxygen atoms in total. The van der Waals surface area contributed by atoms with Gasteiger partial charge in [0.25, 0.3) is 5.69 Å². The summed E-state index contributed by atoms with van der Waals surface area (Å²) < 4.78 is 14.3. The minimum absolute atomic E-state index is 0.000917. The number of amides is 1. The molecule has 4 aromatic rings. The predicted octanol–water partition coefficient (Wildman–Crippen LogP) is 7.73. The number of nitrogens with zero attached hydrogens (tertiary/aromatic N) is 2. The van der Waals surface area contributed by atoms with Crippen molar-refractivity contribution in [3.8, 4) is 5.75 Å². The molecule has 0 aliphatic heterocycles. The maximum absolute atomic E-state index is 12.4. The third-order valence-corrected chi connectivity index (χ3v) is 6.89. The Morgan fingerprint density at radius 3 is 2.51 bits per heavy atom. The Balaban J connectivity index is 1.42. The first-order valence-corrected chi connectivity index (χ1v) is 13.0. The average Bonchev–Trinajstić information content (AvgIpc) is 3.23. The third kappa shape index (κ3) is 6.18. The van der Waals surface area contributed by atoms with E-state index in [4.69, 9.17) is 9.15 Å². The molecule has 1 heterocycles. The molecule has 4 rings (SSSR count). The van der Waals surface area contributed by atoms with Gasteiger partial charge in [0.2, 0.25) is 0 Å². The molecular formula is C23H13Br4N3O5. The van der Waals surface area contributed by atoms with Gasteiger partial charge in [0, 0.05) is 22.0 Å². The van der Waals surface area contributed by atoms with Gasteiger partial charge in [-0.25, -0.2) is 5.43 Å². The van der Waals surface area contributed by atoms with E-state index < -0.39 is 10.8 Å². The standard InChI is InChI=1S/C23H13Br4N3O5/c24-15-7-14-8-20(35-21(14)19(27)9-15)23(31)29-28-10-13-5-17(25)22(18(26)6-13)34-11-12-2-1-3-16(4-12)30(32)33/h1-10H,11H2,(H,29,31)/b28-10-. The van der Waals surface area contributed by atoms with Crippen LogP contribution in [0.1, 0.15) is 21.7 Å². The number of carbonyl (C=O) groups is 1. The SMILES string of the molecule is O=C(N/N=C\c1cc(Br)c(OCc2cccc([N+](=O)[O-])c2)c(Br)c1)c1cc2cc(Br)cc(Br)c2o1. The number of benzene rings is 3. The Morgan fingerprint density at radius 1 is 1.06 bits per heavy atom. The molecule has 0 saturated carbocycles. The number of non-ortho nitro benzene ring substituents is 1. The van der Waals surface area contributed by atoms with E-state index >= 15 is 0 Å². The van der Waals surface area contributed by atoms with E-state index in [1.807, 2.05) is 12.1 Å². The molecule has 0 spiro atoms. The van der Waals surface area contributed by atoms with Gasteiger partial charge in [0.1, 0.15) is 17.9 Å². The highest BCUT2D eigenvalue weighted by Crippen LogP contribution is 2.35. The Labute approximate surface area is 232 Å². The van der Waals surface area contributed by atoms with Crippen LogP contribution in [0.5, 0.6) is 5.75 Å². The smallest absolute Gasteiger partial charge is 0.307 e. The summed E-state index contributed by atoms with van der Waals surface area (Å²) >= 11 is 13.7. The normalized spacial score (nSPS) is 11.2. The highest BCUT2D eigenvalue weighted by Gasteiger charge is 2.15.